The summed E-state index contributed by atoms with van der Waals surface area (Å²) >= 11 is 1.69. The monoisotopic (exact) mass is 294 g/mol. The Hall–Kier alpha value is -1.27. The molecule has 1 aliphatic heterocycles. The van der Waals surface area contributed by atoms with Gasteiger partial charge in [-0.1, -0.05) is 6.92 Å². The van der Waals surface area contributed by atoms with E-state index in [0.29, 0.717) is 0 Å². The topological polar surface area (TPSA) is 57.3 Å². The van der Waals surface area contributed by atoms with Crippen LogP contribution < -0.4 is 10.6 Å². The highest BCUT2D eigenvalue weighted by molar-refractivity contribution is 7.99. The summed E-state index contributed by atoms with van der Waals surface area (Å²) in [6, 6.07) is 3.95. The number of anilines is 1. The molecule has 1 aromatic heterocycles. The minimum atomic E-state index is -0.141. The van der Waals surface area contributed by atoms with E-state index < -0.39 is 0 Å². The fourth-order valence-electron chi connectivity index (χ4n) is 2.19. The van der Waals surface area contributed by atoms with E-state index in [1.54, 1.807) is 18.0 Å². The average molecular weight is 294 g/mol. The third-order valence-corrected chi connectivity index (χ3v) is 4.17. The van der Waals surface area contributed by atoms with Crippen LogP contribution in [0.2, 0.25) is 0 Å². The molecule has 2 N–H and O–H groups in total. The number of amides is 2. The number of piperidine rings is 1. The summed E-state index contributed by atoms with van der Waals surface area (Å²) < 4.78 is 0. The molecule has 0 aliphatic carbocycles. The fraction of sp³-hybridized carbons (Fsp3) is 0.571. The molecule has 110 valence electrons. The zero-order chi connectivity index (χ0) is 14.4. The molecule has 6 heteroatoms. The molecule has 20 heavy (non-hydrogen) atoms. The molecular weight excluding hydrogens is 272 g/mol. The third kappa shape index (κ3) is 4.68. The first-order valence-corrected chi connectivity index (χ1v) is 8.01. The maximum atomic E-state index is 11.9. The van der Waals surface area contributed by atoms with Crippen molar-refractivity contribution >= 4 is 23.5 Å². The second kappa shape index (κ2) is 7.50. The Balaban J connectivity index is 1.79. The number of thioether (sulfide) groups is 1. The minimum Gasteiger partial charge on any atom is -0.335 e. The Morgan fingerprint density at radius 2 is 2.20 bits per heavy atom. The Morgan fingerprint density at radius 3 is 2.80 bits per heavy atom. The Bertz CT molecular complexity index is 429. The highest BCUT2D eigenvalue weighted by Gasteiger charge is 2.18. The van der Waals surface area contributed by atoms with Crippen LogP contribution in [0.5, 0.6) is 0 Å². The number of hydrogen-bond acceptors (Lipinski definition) is 4. The molecule has 2 rings (SSSR count). The van der Waals surface area contributed by atoms with Gasteiger partial charge in [-0.05, 0) is 50.9 Å². The van der Waals surface area contributed by atoms with Gasteiger partial charge in [-0.15, -0.1) is 11.8 Å². The Morgan fingerprint density at radius 1 is 1.45 bits per heavy atom. The largest absolute Gasteiger partial charge is 0.335 e. The van der Waals surface area contributed by atoms with E-state index in [2.05, 4.69) is 34.5 Å². The van der Waals surface area contributed by atoms with Crippen LogP contribution in [0.25, 0.3) is 0 Å². The third-order valence-electron chi connectivity index (χ3n) is 3.34. The van der Waals surface area contributed by atoms with Crippen LogP contribution >= 0.6 is 11.8 Å². The highest BCUT2D eigenvalue weighted by atomic mass is 32.2. The number of rotatable bonds is 4. The van der Waals surface area contributed by atoms with Crippen molar-refractivity contribution in [3.05, 3.63) is 18.3 Å². The predicted molar refractivity (Wildman–Crippen MR) is 83.3 cm³/mol. The summed E-state index contributed by atoms with van der Waals surface area (Å²) in [6.07, 6.45) is 3.72. The van der Waals surface area contributed by atoms with Crippen LogP contribution in [0.4, 0.5) is 10.5 Å². The first-order chi connectivity index (χ1) is 9.67. The van der Waals surface area contributed by atoms with Crippen molar-refractivity contribution < 1.29 is 4.79 Å². The Kier molecular flexibility index (Phi) is 5.67. The van der Waals surface area contributed by atoms with E-state index in [4.69, 9.17) is 0 Å². The second-order valence-corrected chi connectivity index (χ2v) is 6.28. The van der Waals surface area contributed by atoms with Crippen LogP contribution in [0, 0.1) is 0 Å². The van der Waals surface area contributed by atoms with Crippen molar-refractivity contribution in [2.24, 2.45) is 0 Å². The molecule has 0 spiro atoms. The number of urea groups is 1. The Labute approximate surface area is 124 Å². The fourth-order valence-corrected chi connectivity index (χ4v) is 2.78. The predicted octanol–water partition coefficient (Wildman–Crippen LogP) is 2.41. The summed E-state index contributed by atoms with van der Waals surface area (Å²) in [4.78, 5) is 18.5. The van der Waals surface area contributed by atoms with Crippen LogP contribution in [0.1, 0.15) is 19.8 Å². The quantitative estimate of drug-likeness (QED) is 0.837. The van der Waals surface area contributed by atoms with Crippen molar-refractivity contribution in [1.82, 2.24) is 15.2 Å². The van der Waals surface area contributed by atoms with Gasteiger partial charge < -0.3 is 15.5 Å². The van der Waals surface area contributed by atoms with E-state index in [-0.39, 0.29) is 12.1 Å². The molecule has 2 amide bonds. The van der Waals surface area contributed by atoms with Crippen molar-refractivity contribution in [3.8, 4) is 0 Å². The number of nitrogens with zero attached hydrogens (tertiary/aromatic N) is 2. The summed E-state index contributed by atoms with van der Waals surface area (Å²) in [5.41, 5.74) is 0.732. The van der Waals surface area contributed by atoms with Gasteiger partial charge in [0.05, 0.1) is 16.9 Å². The molecule has 0 saturated carbocycles. The number of hydrogen-bond donors (Lipinski definition) is 2. The number of carbonyl (C=O) groups excluding carboxylic acids is 1. The van der Waals surface area contributed by atoms with E-state index in [1.807, 2.05) is 12.1 Å². The molecule has 2 heterocycles. The van der Waals surface area contributed by atoms with Crippen molar-refractivity contribution in [2.75, 3.05) is 31.2 Å². The van der Waals surface area contributed by atoms with Gasteiger partial charge in [-0.3, -0.25) is 0 Å². The van der Waals surface area contributed by atoms with E-state index in [9.17, 15) is 4.79 Å². The van der Waals surface area contributed by atoms with Gasteiger partial charge in [0.25, 0.3) is 0 Å². The lowest BCUT2D eigenvalue weighted by molar-refractivity contribution is 0.221. The van der Waals surface area contributed by atoms with Crippen LogP contribution in [-0.2, 0) is 0 Å². The number of pyridine rings is 1. The van der Waals surface area contributed by atoms with Gasteiger partial charge in [0.15, 0.2) is 0 Å². The maximum Gasteiger partial charge on any atom is 0.319 e. The van der Waals surface area contributed by atoms with Crippen LogP contribution in [0.3, 0.4) is 0 Å². The van der Waals surface area contributed by atoms with Crippen LogP contribution in [0.15, 0.2) is 23.4 Å². The molecular formula is C14H22N4OS. The van der Waals surface area contributed by atoms with E-state index in [0.717, 1.165) is 42.4 Å². The molecule has 0 bridgehead atoms. The van der Waals surface area contributed by atoms with Gasteiger partial charge in [0.1, 0.15) is 0 Å². The van der Waals surface area contributed by atoms with Crippen LogP contribution in [-0.4, -0.2) is 47.8 Å². The SMILES string of the molecule is CCSc1ccc(NC(=O)NC2CCN(C)CC2)cn1. The van der Waals surface area contributed by atoms with Gasteiger partial charge in [-0.2, -0.15) is 0 Å². The summed E-state index contributed by atoms with van der Waals surface area (Å²) in [6.45, 7) is 4.17. The summed E-state index contributed by atoms with van der Waals surface area (Å²) in [5.74, 6) is 0.996. The smallest absolute Gasteiger partial charge is 0.319 e. The molecule has 0 aromatic carbocycles. The lowest BCUT2D eigenvalue weighted by Gasteiger charge is -2.29. The number of aromatic nitrogens is 1. The van der Waals surface area contributed by atoms with Gasteiger partial charge >= 0.3 is 6.03 Å². The highest BCUT2D eigenvalue weighted by Crippen LogP contribution is 2.16. The standard InChI is InChI=1S/C14H22N4OS/c1-3-20-13-5-4-12(10-15-13)17-14(19)16-11-6-8-18(2)9-7-11/h4-5,10-11H,3,6-9H2,1-2H3,(H2,16,17,19). The minimum absolute atomic E-state index is 0.141. The molecule has 1 aliphatic rings. The molecule has 0 unspecified atom stereocenters. The number of nitrogens with one attached hydrogen (secondary N) is 2. The molecule has 0 atom stereocenters. The summed E-state index contributed by atoms with van der Waals surface area (Å²) in [5, 5.41) is 6.83. The first-order valence-electron chi connectivity index (χ1n) is 7.02. The van der Waals surface area contributed by atoms with Crippen molar-refractivity contribution in [1.29, 1.82) is 0 Å². The van der Waals surface area contributed by atoms with E-state index in [1.165, 1.54) is 0 Å². The lowest BCUT2D eigenvalue weighted by atomic mass is 10.1. The molecule has 1 saturated heterocycles. The lowest BCUT2D eigenvalue weighted by Crippen LogP contribution is -2.44. The average Bonchev–Trinajstić information content (AvgIpc) is 2.44. The van der Waals surface area contributed by atoms with Crippen molar-refractivity contribution in [3.63, 3.8) is 0 Å². The number of likely N-dealkylation sites (tertiary alicyclic amines) is 1. The zero-order valence-electron chi connectivity index (χ0n) is 12.1. The molecule has 5 nitrogen and oxygen atoms in total. The normalized spacial score (nSPS) is 16.9. The van der Waals surface area contributed by atoms with Gasteiger partial charge in [-0.25, -0.2) is 9.78 Å². The van der Waals surface area contributed by atoms with Crippen molar-refractivity contribution in [2.45, 2.75) is 30.8 Å². The van der Waals surface area contributed by atoms with Gasteiger partial charge in [0.2, 0.25) is 0 Å². The van der Waals surface area contributed by atoms with Gasteiger partial charge in [0, 0.05) is 6.04 Å². The van der Waals surface area contributed by atoms with E-state index >= 15 is 0 Å². The molecule has 1 fully saturated rings. The summed E-state index contributed by atoms with van der Waals surface area (Å²) in [7, 11) is 2.11. The zero-order valence-corrected chi connectivity index (χ0v) is 12.9. The first kappa shape index (κ1) is 15.1. The second-order valence-electron chi connectivity index (χ2n) is 4.99. The molecule has 1 aromatic rings. The molecule has 0 radical (unpaired) electrons. The maximum absolute atomic E-state index is 11.9. The number of carbonyl (C=O) groups is 1.